The molecule has 0 spiro atoms. The van der Waals surface area contributed by atoms with Gasteiger partial charge in [0.25, 0.3) is 0 Å². The van der Waals surface area contributed by atoms with Crippen molar-refractivity contribution in [3.8, 4) is 0 Å². The minimum atomic E-state index is -3.87. The number of halogens is 2. The van der Waals surface area contributed by atoms with Gasteiger partial charge < -0.3 is 48.2 Å². The lowest BCUT2D eigenvalue weighted by Gasteiger charge is -2.34. The Balaban J connectivity index is -0.00000420. The quantitative estimate of drug-likeness (QED) is 0.0988. The fourth-order valence-electron chi connectivity index (χ4n) is 4.28. The molecule has 0 bridgehead atoms. The third-order valence-corrected chi connectivity index (χ3v) is 7.44. The van der Waals surface area contributed by atoms with E-state index in [0.717, 1.165) is 22.1 Å². The zero-order valence-electron chi connectivity index (χ0n) is 21.9. The minimum absolute atomic E-state index is 0. The molecule has 0 unspecified atom stereocenters. The third kappa shape index (κ3) is 26.8. The molecule has 0 amide bonds. The van der Waals surface area contributed by atoms with Gasteiger partial charge in [0.1, 0.15) is 0 Å². The van der Waals surface area contributed by atoms with E-state index in [2.05, 4.69) is 35.1 Å². The van der Waals surface area contributed by atoms with Crippen LogP contribution in [0.4, 0.5) is 0 Å². The van der Waals surface area contributed by atoms with Gasteiger partial charge in [0.2, 0.25) is 0 Å². The van der Waals surface area contributed by atoms with Gasteiger partial charge in [-0.2, -0.15) is 0 Å². The lowest BCUT2D eigenvalue weighted by molar-refractivity contribution is -0.909. The van der Waals surface area contributed by atoms with Crippen LogP contribution in [0.25, 0.3) is 0 Å². The van der Waals surface area contributed by atoms with Crippen LogP contribution in [0.3, 0.4) is 0 Å². The van der Waals surface area contributed by atoms with Crippen LogP contribution in [-0.2, 0) is 0 Å². The smallest absolute Gasteiger partial charge is 0.492 e. The maximum absolute atomic E-state index is 9.15. The summed E-state index contributed by atoms with van der Waals surface area (Å²) in [7, 11) is 5.22. The average molecular weight is 520 g/mol. The lowest BCUT2D eigenvalue weighted by atomic mass is 10.1. The average Bonchev–Trinajstić information content (AvgIpc) is 2.61. The highest BCUT2D eigenvalue weighted by atomic mass is 35.5. The molecule has 0 rings (SSSR count). The van der Waals surface area contributed by atoms with Crippen LogP contribution in [0.2, 0.25) is 6.04 Å². The second kappa shape index (κ2) is 20.9. The van der Waals surface area contributed by atoms with E-state index in [1.807, 2.05) is 0 Å². The van der Waals surface area contributed by atoms with E-state index in [1.165, 1.54) is 96.6 Å². The van der Waals surface area contributed by atoms with E-state index < -0.39 is 8.80 Å². The highest BCUT2D eigenvalue weighted by molar-refractivity contribution is 6.56. The summed E-state index contributed by atoms with van der Waals surface area (Å²) in [4.78, 5) is 27.4. The number of hydrogen-bond acceptors (Lipinski definition) is 3. The van der Waals surface area contributed by atoms with E-state index in [-0.39, 0.29) is 30.9 Å². The molecule has 32 heavy (non-hydrogen) atoms. The number of nitrogens with zero attached hydrogens (tertiary/aromatic N) is 2. The fourth-order valence-corrected chi connectivity index (χ4v) is 4.91. The number of unbranched alkanes of at least 4 members (excludes halogenated alkanes) is 11. The van der Waals surface area contributed by atoms with Crippen LogP contribution in [-0.4, -0.2) is 86.5 Å². The van der Waals surface area contributed by atoms with Crippen LogP contribution < -0.4 is 24.8 Å². The topological polar surface area (TPSA) is 60.7 Å². The maximum Gasteiger partial charge on any atom is 0.492 e. The molecule has 8 heteroatoms. The van der Waals surface area contributed by atoms with E-state index in [9.17, 15) is 0 Å². The first-order valence-corrected chi connectivity index (χ1v) is 14.8. The first-order chi connectivity index (χ1) is 14.0. The van der Waals surface area contributed by atoms with Crippen LogP contribution in [0.15, 0.2) is 0 Å². The highest BCUT2D eigenvalue weighted by Crippen LogP contribution is 2.14. The Kier molecular flexibility index (Phi) is 24.3. The van der Waals surface area contributed by atoms with Crippen LogP contribution in [0, 0.1) is 0 Å². The summed E-state index contributed by atoms with van der Waals surface area (Å²) in [5.74, 6) is 0. The normalized spacial score (nSPS) is 12.4. The molecular formula is C24H56Cl2N2O3Si. The molecule has 0 saturated carbocycles. The Bertz CT molecular complexity index is 409. The molecule has 0 aromatic heterocycles. The summed E-state index contributed by atoms with van der Waals surface area (Å²) >= 11 is 0. The van der Waals surface area contributed by atoms with Crippen molar-refractivity contribution in [3.63, 3.8) is 0 Å². The Morgan fingerprint density at radius 3 is 1.16 bits per heavy atom. The first kappa shape index (κ1) is 37.2. The Morgan fingerprint density at radius 1 is 0.469 bits per heavy atom. The Morgan fingerprint density at radius 2 is 0.781 bits per heavy atom. The maximum atomic E-state index is 9.15. The summed E-state index contributed by atoms with van der Waals surface area (Å²) in [6, 6.07) is 0.148. The molecular weight excluding hydrogens is 463 g/mol. The SMILES string of the molecule is CCCCCCCCCCCCCC[N+](C)(C)CCC[N+](C)(C)CCC[Si](O)(O)O.[Cl-].[Cl-]. The molecule has 0 aliphatic carbocycles. The molecule has 0 aromatic carbocycles. The number of hydrogen-bond donors (Lipinski definition) is 3. The van der Waals surface area contributed by atoms with Crippen molar-refractivity contribution < 1.29 is 48.2 Å². The molecule has 0 aromatic rings. The van der Waals surface area contributed by atoms with Gasteiger partial charge in [-0.3, -0.25) is 0 Å². The fraction of sp³-hybridized carbons (Fsp3) is 1.00. The van der Waals surface area contributed by atoms with Crippen molar-refractivity contribution in [2.24, 2.45) is 0 Å². The van der Waals surface area contributed by atoms with Crippen molar-refractivity contribution in [1.82, 2.24) is 0 Å². The highest BCUT2D eigenvalue weighted by Gasteiger charge is 2.28. The molecule has 0 saturated heterocycles. The molecule has 3 N–H and O–H groups in total. The summed E-state index contributed by atoms with van der Waals surface area (Å²) in [5.41, 5.74) is 0. The van der Waals surface area contributed by atoms with Gasteiger partial charge in [-0.25, -0.2) is 0 Å². The molecule has 0 heterocycles. The van der Waals surface area contributed by atoms with Crippen molar-refractivity contribution in [1.29, 1.82) is 0 Å². The molecule has 0 fully saturated rings. The Hall–Kier alpha value is 0.597. The second-order valence-corrected chi connectivity index (χ2v) is 12.9. The van der Waals surface area contributed by atoms with E-state index in [4.69, 9.17) is 14.4 Å². The van der Waals surface area contributed by atoms with Gasteiger partial charge in [0.15, 0.2) is 0 Å². The van der Waals surface area contributed by atoms with Crippen LogP contribution in [0.5, 0.6) is 0 Å². The zero-order valence-corrected chi connectivity index (χ0v) is 24.4. The van der Waals surface area contributed by atoms with Crippen LogP contribution in [0.1, 0.15) is 96.8 Å². The molecule has 0 radical (unpaired) electrons. The van der Waals surface area contributed by atoms with Gasteiger partial charge in [-0.05, 0) is 12.8 Å². The third-order valence-electron chi connectivity index (χ3n) is 6.42. The molecule has 0 atom stereocenters. The molecule has 198 valence electrons. The summed E-state index contributed by atoms with van der Waals surface area (Å²) in [6.07, 6.45) is 18.7. The van der Waals surface area contributed by atoms with Crippen LogP contribution >= 0.6 is 0 Å². The first-order valence-electron chi connectivity index (χ1n) is 12.8. The predicted octanol–water partition coefficient (Wildman–Crippen LogP) is -1.46. The monoisotopic (exact) mass is 518 g/mol. The number of quaternary nitrogens is 2. The van der Waals surface area contributed by atoms with Crippen molar-refractivity contribution in [2.45, 2.75) is 103 Å². The van der Waals surface area contributed by atoms with Gasteiger partial charge >= 0.3 is 8.80 Å². The second-order valence-electron chi connectivity index (χ2n) is 10.9. The van der Waals surface area contributed by atoms with Gasteiger partial charge in [-0.15, -0.1) is 0 Å². The van der Waals surface area contributed by atoms with Gasteiger partial charge in [-0.1, -0.05) is 71.1 Å². The molecule has 5 nitrogen and oxygen atoms in total. The minimum Gasteiger partial charge on any atom is -1.00 e. The summed E-state index contributed by atoms with van der Waals surface area (Å²) in [5, 5.41) is 0. The van der Waals surface area contributed by atoms with E-state index >= 15 is 0 Å². The molecule has 0 aliphatic rings. The van der Waals surface area contributed by atoms with Crippen molar-refractivity contribution in [2.75, 3.05) is 54.4 Å². The van der Waals surface area contributed by atoms with Gasteiger partial charge in [0, 0.05) is 18.9 Å². The van der Waals surface area contributed by atoms with Gasteiger partial charge in [0.05, 0.1) is 54.4 Å². The van der Waals surface area contributed by atoms with Crippen molar-refractivity contribution >= 4 is 8.80 Å². The van der Waals surface area contributed by atoms with E-state index in [0.29, 0.717) is 6.42 Å². The molecule has 0 aliphatic heterocycles. The standard InChI is InChI=1S/C24H56N2O3Si.2ClH/c1-6-7-8-9-10-11-12-13-14-15-16-17-20-25(2,3)21-18-22-26(4,5)23-19-24-30(27,28)29;;/h27-29H,6-24H2,1-5H3;2*1H/q+2;;/p-2. The summed E-state index contributed by atoms with van der Waals surface area (Å²) in [6.45, 7) is 6.71. The predicted molar refractivity (Wildman–Crippen MR) is 131 cm³/mol. The zero-order chi connectivity index (χ0) is 22.9. The van der Waals surface area contributed by atoms with Crippen molar-refractivity contribution in [3.05, 3.63) is 0 Å². The number of rotatable bonds is 21. The lowest BCUT2D eigenvalue weighted by Crippen LogP contribution is -3.00. The largest absolute Gasteiger partial charge is 1.00 e. The summed E-state index contributed by atoms with van der Waals surface area (Å²) < 4.78 is 1.97. The van der Waals surface area contributed by atoms with E-state index in [1.54, 1.807) is 0 Å². The Labute approximate surface area is 214 Å².